The van der Waals surface area contributed by atoms with Gasteiger partial charge < -0.3 is 4.74 Å². The highest BCUT2D eigenvalue weighted by atomic mass is 16.5. The molecule has 0 bridgehead atoms. The van der Waals surface area contributed by atoms with Crippen LogP contribution in [0.3, 0.4) is 0 Å². The Labute approximate surface area is 195 Å². The second-order valence-corrected chi connectivity index (χ2v) is 8.76. The molecule has 0 aromatic heterocycles. The summed E-state index contributed by atoms with van der Waals surface area (Å²) >= 11 is 0. The highest BCUT2D eigenvalue weighted by Crippen LogP contribution is 2.27. The summed E-state index contributed by atoms with van der Waals surface area (Å²) in [6, 6.07) is 8.38. The number of rotatable bonds is 12. The van der Waals surface area contributed by atoms with Gasteiger partial charge in [-0.2, -0.15) is 0 Å². The number of aryl methyl sites for hydroxylation is 1. The molecule has 0 fully saturated rings. The van der Waals surface area contributed by atoms with Gasteiger partial charge in [0.25, 0.3) is 0 Å². The summed E-state index contributed by atoms with van der Waals surface area (Å²) in [6.45, 7) is 24.1. The Balaban J connectivity index is 0. The van der Waals surface area contributed by atoms with Gasteiger partial charge in [0.1, 0.15) is 12.4 Å². The Morgan fingerprint density at radius 1 is 1.00 bits per heavy atom. The van der Waals surface area contributed by atoms with E-state index in [2.05, 4.69) is 84.5 Å². The molecule has 1 rings (SSSR count). The van der Waals surface area contributed by atoms with Gasteiger partial charge in [-0.3, -0.25) is 0 Å². The molecule has 0 heterocycles. The zero-order valence-corrected chi connectivity index (χ0v) is 22.3. The minimum absolute atomic E-state index is 0.601. The largest absolute Gasteiger partial charge is 0.489 e. The Morgan fingerprint density at radius 2 is 1.55 bits per heavy atom. The third-order valence-corrected chi connectivity index (χ3v) is 5.02. The van der Waals surface area contributed by atoms with Crippen LogP contribution in [0.4, 0.5) is 0 Å². The lowest BCUT2D eigenvalue weighted by atomic mass is 9.84. The molecule has 1 heteroatoms. The Bertz CT molecular complexity index is 594. The van der Waals surface area contributed by atoms with Crippen LogP contribution in [0.1, 0.15) is 106 Å². The van der Waals surface area contributed by atoms with E-state index in [-0.39, 0.29) is 0 Å². The summed E-state index contributed by atoms with van der Waals surface area (Å²) in [7, 11) is 0. The third-order valence-electron chi connectivity index (χ3n) is 5.02. The average Bonchev–Trinajstić information content (AvgIpc) is 2.75. The highest BCUT2D eigenvalue weighted by molar-refractivity contribution is 5.28. The van der Waals surface area contributed by atoms with Crippen LogP contribution in [0.15, 0.2) is 60.2 Å². The van der Waals surface area contributed by atoms with Crippen LogP contribution in [0, 0.1) is 5.41 Å². The maximum absolute atomic E-state index is 5.82. The van der Waals surface area contributed by atoms with Gasteiger partial charge in [0.2, 0.25) is 0 Å². The molecule has 0 unspecified atom stereocenters. The second-order valence-electron chi connectivity index (χ2n) is 8.76. The lowest BCUT2D eigenvalue weighted by Gasteiger charge is -2.22. The van der Waals surface area contributed by atoms with Gasteiger partial charge in [-0.15, -0.1) is 6.58 Å². The van der Waals surface area contributed by atoms with Crippen LogP contribution >= 0.6 is 0 Å². The molecule has 31 heavy (non-hydrogen) atoms. The number of allylic oxidation sites excluding steroid dienone is 4. The monoisotopic (exact) mass is 428 g/mol. The standard InChI is InChI=1S/C19H26O.C9H20.C2H6/c1-5-7-8-17(6-2)15-20-19-13-11-18(12-14-19)10-9-16(3)4;1-5-7-9(3,4)8-6-2;1-2/h5,7-8,11-14H,3,6,9-10,15H2,1-2,4H3;5-8H2,1-4H3;1-2H3/b7-5-,17-8+;;. The van der Waals surface area contributed by atoms with E-state index in [1.165, 1.54) is 42.4 Å². The van der Waals surface area contributed by atoms with Gasteiger partial charge in [0, 0.05) is 0 Å². The van der Waals surface area contributed by atoms with Gasteiger partial charge in [-0.05, 0) is 74.6 Å². The fraction of sp³-hybridized carbons (Fsp3) is 0.600. The van der Waals surface area contributed by atoms with E-state index in [1.54, 1.807) is 0 Å². The molecule has 0 saturated heterocycles. The van der Waals surface area contributed by atoms with Crippen molar-refractivity contribution in [1.82, 2.24) is 0 Å². The minimum atomic E-state index is 0.601. The predicted molar refractivity (Wildman–Crippen MR) is 143 cm³/mol. The van der Waals surface area contributed by atoms with Crippen LogP contribution in [0.5, 0.6) is 5.75 Å². The Morgan fingerprint density at radius 3 is 1.97 bits per heavy atom. The molecule has 1 aromatic rings. The molecular weight excluding hydrogens is 376 g/mol. The highest BCUT2D eigenvalue weighted by Gasteiger charge is 2.13. The van der Waals surface area contributed by atoms with E-state index in [1.807, 2.05) is 26.8 Å². The van der Waals surface area contributed by atoms with Crippen LogP contribution < -0.4 is 4.74 Å². The minimum Gasteiger partial charge on any atom is -0.489 e. The quantitative estimate of drug-likeness (QED) is 0.237. The second kappa shape index (κ2) is 20.2. The maximum Gasteiger partial charge on any atom is 0.119 e. The van der Waals surface area contributed by atoms with Gasteiger partial charge in [0.05, 0.1) is 0 Å². The van der Waals surface area contributed by atoms with Crippen LogP contribution in [-0.2, 0) is 6.42 Å². The number of hydrogen-bond acceptors (Lipinski definition) is 1. The number of benzene rings is 1. The van der Waals surface area contributed by atoms with Crippen molar-refractivity contribution < 1.29 is 4.74 Å². The summed E-state index contributed by atoms with van der Waals surface area (Å²) in [5.74, 6) is 0.934. The van der Waals surface area contributed by atoms with E-state index >= 15 is 0 Å². The van der Waals surface area contributed by atoms with Gasteiger partial charge in [0.15, 0.2) is 0 Å². The molecule has 0 radical (unpaired) electrons. The fourth-order valence-corrected chi connectivity index (χ4v) is 3.26. The van der Waals surface area contributed by atoms with Crippen molar-refractivity contribution in [2.45, 2.75) is 107 Å². The molecule has 0 atom stereocenters. The van der Waals surface area contributed by atoms with Crippen molar-refractivity contribution in [3.63, 3.8) is 0 Å². The van der Waals surface area contributed by atoms with Gasteiger partial charge in [-0.25, -0.2) is 0 Å². The molecule has 0 spiro atoms. The first-order chi connectivity index (χ1) is 14.8. The van der Waals surface area contributed by atoms with Crippen molar-refractivity contribution in [3.05, 3.63) is 65.8 Å². The summed E-state index contributed by atoms with van der Waals surface area (Å²) in [5, 5.41) is 0. The number of ether oxygens (including phenoxy) is 1. The lowest BCUT2D eigenvalue weighted by Crippen LogP contribution is -2.09. The van der Waals surface area contributed by atoms with Crippen molar-refractivity contribution in [3.8, 4) is 5.75 Å². The van der Waals surface area contributed by atoms with Crippen molar-refractivity contribution in [2.24, 2.45) is 5.41 Å². The normalized spacial score (nSPS) is 11.3. The van der Waals surface area contributed by atoms with Crippen molar-refractivity contribution >= 4 is 0 Å². The Kier molecular flexibility index (Phi) is 20.4. The first-order valence-corrected chi connectivity index (χ1v) is 12.4. The molecule has 1 nitrogen and oxygen atoms in total. The predicted octanol–water partition coefficient (Wildman–Crippen LogP) is 10.1. The van der Waals surface area contributed by atoms with Crippen LogP contribution in [0.25, 0.3) is 0 Å². The smallest absolute Gasteiger partial charge is 0.119 e. The molecular formula is C30H52O. The van der Waals surface area contributed by atoms with Gasteiger partial charge >= 0.3 is 0 Å². The average molecular weight is 429 g/mol. The fourth-order valence-electron chi connectivity index (χ4n) is 3.26. The Hall–Kier alpha value is -1.76. The van der Waals surface area contributed by atoms with E-state index in [0.717, 1.165) is 25.0 Å². The van der Waals surface area contributed by atoms with Crippen molar-refractivity contribution in [2.75, 3.05) is 6.61 Å². The van der Waals surface area contributed by atoms with E-state index in [0.29, 0.717) is 12.0 Å². The van der Waals surface area contributed by atoms with E-state index in [9.17, 15) is 0 Å². The zero-order chi connectivity index (χ0) is 24.1. The first kappa shape index (κ1) is 31.4. The number of hydrogen-bond donors (Lipinski definition) is 0. The molecule has 0 aliphatic rings. The molecule has 0 aliphatic carbocycles. The van der Waals surface area contributed by atoms with Gasteiger partial charge in [-0.1, -0.05) is 97.2 Å². The third kappa shape index (κ3) is 18.7. The molecule has 0 amide bonds. The SMILES string of the molecule is C=C(C)CCc1ccc(OC/C(=C/C=C\C)CC)cc1.CC.CCCC(C)(C)CCC. The lowest BCUT2D eigenvalue weighted by molar-refractivity contribution is 0.301. The topological polar surface area (TPSA) is 9.23 Å². The van der Waals surface area contributed by atoms with E-state index < -0.39 is 0 Å². The van der Waals surface area contributed by atoms with Crippen molar-refractivity contribution in [1.29, 1.82) is 0 Å². The van der Waals surface area contributed by atoms with E-state index in [4.69, 9.17) is 4.74 Å². The summed E-state index contributed by atoms with van der Waals surface area (Å²) in [4.78, 5) is 0. The first-order valence-electron chi connectivity index (χ1n) is 12.4. The maximum atomic E-state index is 5.82. The molecule has 0 aliphatic heterocycles. The molecule has 0 saturated carbocycles. The molecule has 1 aromatic carbocycles. The summed E-state index contributed by atoms with van der Waals surface area (Å²) in [5.41, 5.74) is 4.46. The summed E-state index contributed by atoms with van der Waals surface area (Å²) in [6.07, 6.45) is 14.7. The molecule has 0 N–H and O–H groups in total. The van der Waals surface area contributed by atoms with Crippen LogP contribution in [-0.4, -0.2) is 6.61 Å². The summed E-state index contributed by atoms with van der Waals surface area (Å²) < 4.78 is 5.82. The molecule has 178 valence electrons. The van der Waals surface area contributed by atoms with Crippen LogP contribution in [0.2, 0.25) is 0 Å². The zero-order valence-electron chi connectivity index (χ0n) is 22.3.